The van der Waals surface area contributed by atoms with Gasteiger partial charge < -0.3 is 4.18 Å². The molecule has 128 valence electrons. The zero-order chi connectivity index (χ0) is 18.2. The van der Waals surface area contributed by atoms with E-state index in [2.05, 4.69) is 4.98 Å². The third-order valence-electron chi connectivity index (χ3n) is 3.64. The zero-order valence-electron chi connectivity index (χ0n) is 13.5. The average molecular weight is 358 g/mol. The number of hydrogen-bond acceptors (Lipinski definition) is 6. The molecule has 0 aliphatic carbocycles. The predicted octanol–water partition coefficient (Wildman–Crippen LogP) is 3.53. The molecule has 1 heterocycles. The van der Waals surface area contributed by atoms with E-state index in [0.29, 0.717) is 5.69 Å². The van der Waals surface area contributed by atoms with E-state index >= 15 is 0 Å². The summed E-state index contributed by atoms with van der Waals surface area (Å²) >= 11 is 0. The summed E-state index contributed by atoms with van der Waals surface area (Å²) in [5.41, 5.74) is 1.47. The Morgan fingerprint density at radius 2 is 1.68 bits per heavy atom. The standard InChI is InChI=1S/C17H14N2O5S/c1-11-3-6-13(7-4-11)25(22,23)24-16-10-9-15(19(20)21)14-8-5-12(2)18-17(14)16/h3-10H,1-2H3. The van der Waals surface area contributed by atoms with Gasteiger partial charge in [0, 0.05) is 11.8 Å². The van der Waals surface area contributed by atoms with Crippen LogP contribution in [0, 0.1) is 24.0 Å². The lowest BCUT2D eigenvalue weighted by atomic mass is 10.1. The molecule has 0 saturated heterocycles. The number of hydrogen-bond donors (Lipinski definition) is 0. The van der Waals surface area contributed by atoms with Crippen molar-refractivity contribution < 1.29 is 17.5 Å². The van der Waals surface area contributed by atoms with E-state index in [1.54, 1.807) is 25.1 Å². The summed E-state index contributed by atoms with van der Waals surface area (Å²) in [7, 11) is -4.08. The second-order valence-corrected chi connectivity index (χ2v) is 7.09. The molecule has 0 atom stereocenters. The highest BCUT2D eigenvalue weighted by molar-refractivity contribution is 7.87. The average Bonchev–Trinajstić information content (AvgIpc) is 2.55. The lowest BCUT2D eigenvalue weighted by molar-refractivity contribution is -0.383. The van der Waals surface area contributed by atoms with Crippen LogP contribution in [0.5, 0.6) is 5.75 Å². The Hall–Kier alpha value is -3.00. The van der Waals surface area contributed by atoms with Crippen molar-refractivity contribution in [2.24, 2.45) is 0 Å². The van der Waals surface area contributed by atoms with E-state index in [0.717, 1.165) is 5.56 Å². The van der Waals surface area contributed by atoms with Gasteiger partial charge in [0.25, 0.3) is 5.69 Å². The summed E-state index contributed by atoms with van der Waals surface area (Å²) in [6.07, 6.45) is 0. The molecule has 0 aliphatic rings. The Morgan fingerprint density at radius 3 is 2.32 bits per heavy atom. The third-order valence-corrected chi connectivity index (χ3v) is 4.89. The maximum absolute atomic E-state index is 12.5. The van der Waals surface area contributed by atoms with Gasteiger partial charge in [-0.15, -0.1) is 0 Å². The zero-order valence-corrected chi connectivity index (χ0v) is 14.3. The Balaban J connectivity index is 2.13. The Morgan fingerprint density at radius 1 is 1.00 bits per heavy atom. The summed E-state index contributed by atoms with van der Waals surface area (Å²) < 4.78 is 30.2. The highest BCUT2D eigenvalue weighted by Gasteiger charge is 2.22. The van der Waals surface area contributed by atoms with Crippen molar-refractivity contribution in [1.82, 2.24) is 4.98 Å². The van der Waals surface area contributed by atoms with Crippen molar-refractivity contribution in [1.29, 1.82) is 0 Å². The van der Waals surface area contributed by atoms with Crippen LogP contribution in [0.3, 0.4) is 0 Å². The Labute approximate surface area is 144 Å². The van der Waals surface area contributed by atoms with Gasteiger partial charge in [-0.2, -0.15) is 8.42 Å². The van der Waals surface area contributed by atoms with E-state index in [-0.39, 0.29) is 27.2 Å². The highest BCUT2D eigenvalue weighted by Crippen LogP contribution is 2.33. The van der Waals surface area contributed by atoms with Crippen molar-refractivity contribution in [2.75, 3.05) is 0 Å². The first kappa shape index (κ1) is 16.8. The van der Waals surface area contributed by atoms with Gasteiger partial charge in [0.1, 0.15) is 10.4 Å². The van der Waals surface area contributed by atoms with Gasteiger partial charge in [0.15, 0.2) is 5.75 Å². The van der Waals surface area contributed by atoms with Crippen LogP contribution < -0.4 is 4.18 Å². The van der Waals surface area contributed by atoms with Crippen LogP contribution in [-0.2, 0) is 10.1 Å². The van der Waals surface area contributed by atoms with E-state index in [1.807, 2.05) is 6.92 Å². The van der Waals surface area contributed by atoms with Gasteiger partial charge in [-0.1, -0.05) is 17.7 Å². The molecule has 3 aromatic rings. The lowest BCUT2D eigenvalue weighted by Gasteiger charge is -2.10. The number of fused-ring (bicyclic) bond motifs is 1. The molecule has 0 spiro atoms. The molecule has 0 unspecified atom stereocenters. The molecule has 0 N–H and O–H groups in total. The van der Waals surface area contributed by atoms with E-state index in [4.69, 9.17) is 4.18 Å². The van der Waals surface area contributed by atoms with Crippen molar-refractivity contribution in [3.63, 3.8) is 0 Å². The number of nitro groups is 1. The maximum Gasteiger partial charge on any atom is 0.339 e. The summed E-state index contributed by atoms with van der Waals surface area (Å²) in [6.45, 7) is 3.55. The number of rotatable bonds is 4. The molecule has 2 aromatic carbocycles. The Bertz CT molecular complexity index is 1080. The fourth-order valence-electron chi connectivity index (χ4n) is 2.37. The van der Waals surface area contributed by atoms with Crippen LogP contribution in [0.1, 0.15) is 11.3 Å². The van der Waals surface area contributed by atoms with Gasteiger partial charge in [-0.25, -0.2) is 4.98 Å². The minimum Gasteiger partial charge on any atom is -0.377 e. The van der Waals surface area contributed by atoms with Gasteiger partial charge >= 0.3 is 10.1 Å². The summed E-state index contributed by atoms with van der Waals surface area (Å²) in [6, 6.07) is 11.8. The van der Waals surface area contributed by atoms with E-state index in [9.17, 15) is 18.5 Å². The third kappa shape index (κ3) is 3.29. The van der Waals surface area contributed by atoms with E-state index < -0.39 is 15.0 Å². The minimum atomic E-state index is -4.08. The fraction of sp³-hybridized carbons (Fsp3) is 0.118. The number of nitrogens with zero attached hydrogens (tertiary/aromatic N) is 2. The first-order valence-corrected chi connectivity index (χ1v) is 8.75. The molecular formula is C17H14N2O5S. The summed E-state index contributed by atoms with van der Waals surface area (Å²) in [5, 5.41) is 11.4. The lowest BCUT2D eigenvalue weighted by Crippen LogP contribution is -2.10. The molecule has 25 heavy (non-hydrogen) atoms. The van der Waals surface area contributed by atoms with Gasteiger partial charge in [0.2, 0.25) is 0 Å². The molecule has 0 fully saturated rings. The first-order valence-electron chi connectivity index (χ1n) is 7.34. The molecule has 7 nitrogen and oxygen atoms in total. The molecule has 0 aliphatic heterocycles. The quantitative estimate of drug-likeness (QED) is 0.402. The van der Waals surface area contributed by atoms with Gasteiger partial charge in [0.05, 0.1) is 10.3 Å². The molecule has 0 amide bonds. The Kier molecular flexibility index (Phi) is 4.13. The predicted molar refractivity (Wildman–Crippen MR) is 92.1 cm³/mol. The molecule has 0 saturated carbocycles. The second kappa shape index (κ2) is 6.14. The van der Waals surface area contributed by atoms with Gasteiger partial charge in [-0.05, 0) is 44.2 Å². The van der Waals surface area contributed by atoms with Crippen LogP contribution in [0.2, 0.25) is 0 Å². The minimum absolute atomic E-state index is 0.00254. The normalized spacial score (nSPS) is 11.4. The number of pyridine rings is 1. The molecule has 0 bridgehead atoms. The number of nitro benzene ring substituents is 1. The van der Waals surface area contributed by atoms with Crippen molar-refractivity contribution in [3.8, 4) is 5.75 Å². The van der Waals surface area contributed by atoms with Crippen LogP contribution in [0.25, 0.3) is 10.9 Å². The van der Waals surface area contributed by atoms with Gasteiger partial charge in [-0.3, -0.25) is 10.1 Å². The van der Waals surface area contributed by atoms with Crippen LogP contribution >= 0.6 is 0 Å². The van der Waals surface area contributed by atoms with Crippen molar-refractivity contribution >= 4 is 26.7 Å². The molecule has 0 radical (unpaired) electrons. The molecular weight excluding hydrogens is 344 g/mol. The number of non-ortho nitro benzene ring substituents is 1. The fourth-order valence-corrected chi connectivity index (χ4v) is 3.31. The largest absolute Gasteiger partial charge is 0.377 e. The summed E-state index contributed by atoms with van der Waals surface area (Å²) in [5.74, 6) is -0.0510. The van der Waals surface area contributed by atoms with Crippen molar-refractivity contribution in [2.45, 2.75) is 18.7 Å². The van der Waals surface area contributed by atoms with Crippen LogP contribution in [0.4, 0.5) is 5.69 Å². The van der Waals surface area contributed by atoms with Crippen LogP contribution in [0.15, 0.2) is 53.4 Å². The monoisotopic (exact) mass is 358 g/mol. The summed E-state index contributed by atoms with van der Waals surface area (Å²) in [4.78, 5) is 14.8. The van der Waals surface area contributed by atoms with E-state index in [1.165, 1.54) is 30.3 Å². The second-order valence-electron chi connectivity index (χ2n) is 5.54. The first-order chi connectivity index (χ1) is 11.8. The number of aromatic nitrogens is 1. The van der Waals surface area contributed by atoms with Crippen LogP contribution in [-0.4, -0.2) is 18.3 Å². The number of aryl methyl sites for hydroxylation is 2. The molecule has 8 heteroatoms. The highest BCUT2D eigenvalue weighted by atomic mass is 32.2. The topological polar surface area (TPSA) is 99.4 Å². The number of benzene rings is 2. The molecule has 3 rings (SSSR count). The smallest absolute Gasteiger partial charge is 0.339 e. The molecule has 1 aromatic heterocycles. The maximum atomic E-state index is 12.5. The SMILES string of the molecule is Cc1ccc(S(=O)(=O)Oc2ccc([N+](=O)[O-])c3ccc(C)nc23)cc1. The van der Waals surface area contributed by atoms with Crippen molar-refractivity contribution in [3.05, 3.63) is 69.9 Å².